The molecule has 116 valence electrons. The van der Waals surface area contributed by atoms with Gasteiger partial charge in [-0.3, -0.25) is 4.79 Å². The molecule has 0 saturated heterocycles. The number of hydrogen-bond donors (Lipinski definition) is 1. The van der Waals surface area contributed by atoms with Crippen LogP contribution < -0.4 is 5.32 Å². The zero-order chi connectivity index (χ0) is 16.2. The number of fused-ring (bicyclic) bond motifs is 1. The monoisotopic (exact) mass is 390 g/mol. The third-order valence-corrected chi connectivity index (χ3v) is 4.92. The average Bonchev–Trinajstić information content (AvgIpc) is 2.96. The summed E-state index contributed by atoms with van der Waals surface area (Å²) in [5, 5.41) is 3.50. The highest BCUT2D eigenvalue weighted by atomic mass is 79.9. The molecule has 1 amide bonds. The Morgan fingerprint density at radius 3 is 2.96 bits per heavy atom. The van der Waals surface area contributed by atoms with Gasteiger partial charge in [0, 0.05) is 17.1 Å². The number of carbonyl (C=O) groups is 1. The summed E-state index contributed by atoms with van der Waals surface area (Å²) in [4.78, 5) is 16.3. The molecule has 0 radical (unpaired) electrons. The molecule has 0 fully saturated rings. The van der Waals surface area contributed by atoms with Crippen molar-refractivity contribution in [3.63, 3.8) is 0 Å². The molecule has 0 unspecified atom stereocenters. The summed E-state index contributed by atoms with van der Waals surface area (Å²) in [6.07, 6.45) is 3.12. The molecule has 0 aliphatic heterocycles. The fourth-order valence-electron chi connectivity index (χ4n) is 2.03. The standard InChI is InChI=1S/C17H12BrFN2OS/c18-13-6-5-12(19)9-11(13)10-20-16(22)7-8-17-21-14-3-1-2-4-15(14)23-17/h1-9H,10H2,(H,20,22). The maximum absolute atomic E-state index is 13.2. The summed E-state index contributed by atoms with van der Waals surface area (Å²) in [5.41, 5.74) is 1.60. The predicted octanol–water partition coefficient (Wildman–Crippen LogP) is 4.53. The van der Waals surface area contributed by atoms with E-state index in [0.717, 1.165) is 19.7 Å². The first-order valence-corrected chi connectivity index (χ1v) is 8.48. The molecule has 0 atom stereocenters. The van der Waals surface area contributed by atoms with E-state index in [1.807, 2.05) is 24.3 Å². The van der Waals surface area contributed by atoms with Crippen molar-refractivity contribution in [3.8, 4) is 0 Å². The van der Waals surface area contributed by atoms with E-state index in [-0.39, 0.29) is 18.3 Å². The molecule has 3 aromatic rings. The third kappa shape index (κ3) is 4.03. The average molecular weight is 391 g/mol. The van der Waals surface area contributed by atoms with E-state index in [4.69, 9.17) is 0 Å². The highest BCUT2D eigenvalue weighted by molar-refractivity contribution is 9.10. The quantitative estimate of drug-likeness (QED) is 0.665. The molecular weight excluding hydrogens is 379 g/mol. The van der Waals surface area contributed by atoms with Crippen LogP contribution in [0.5, 0.6) is 0 Å². The van der Waals surface area contributed by atoms with E-state index < -0.39 is 0 Å². The summed E-state index contributed by atoms with van der Waals surface area (Å²) in [5.74, 6) is -0.581. The zero-order valence-electron chi connectivity index (χ0n) is 11.9. The second-order valence-electron chi connectivity index (χ2n) is 4.81. The summed E-state index contributed by atoms with van der Waals surface area (Å²) in [6, 6.07) is 12.2. The van der Waals surface area contributed by atoms with Gasteiger partial charge in [-0.2, -0.15) is 0 Å². The van der Waals surface area contributed by atoms with Crippen molar-refractivity contribution in [1.29, 1.82) is 0 Å². The predicted molar refractivity (Wildman–Crippen MR) is 94.6 cm³/mol. The number of thiazole rings is 1. The summed E-state index contributed by atoms with van der Waals surface area (Å²) in [7, 11) is 0. The van der Waals surface area contributed by atoms with Gasteiger partial charge in [-0.25, -0.2) is 9.37 Å². The lowest BCUT2D eigenvalue weighted by atomic mass is 10.2. The van der Waals surface area contributed by atoms with Crippen LogP contribution in [-0.4, -0.2) is 10.9 Å². The topological polar surface area (TPSA) is 42.0 Å². The van der Waals surface area contributed by atoms with Crippen molar-refractivity contribution in [1.82, 2.24) is 10.3 Å². The van der Waals surface area contributed by atoms with Crippen molar-refractivity contribution in [2.24, 2.45) is 0 Å². The largest absolute Gasteiger partial charge is 0.348 e. The summed E-state index contributed by atoms with van der Waals surface area (Å²) in [6.45, 7) is 0.251. The Kier molecular flexibility index (Phi) is 4.83. The molecule has 23 heavy (non-hydrogen) atoms. The van der Waals surface area contributed by atoms with Gasteiger partial charge < -0.3 is 5.32 Å². The Morgan fingerprint density at radius 1 is 1.30 bits per heavy atom. The highest BCUT2D eigenvalue weighted by Crippen LogP contribution is 2.22. The van der Waals surface area contributed by atoms with Gasteiger partial charge in [0.1, 0.15) is 10.8 Å². The minimum absolute atomic E-state index is 0.250. The molecule has 1 heterocycles. The Balaban J connectivity index is 1.63. The van der Waals surface area contributed by atoms with Crippen molar-refractivity contribution in [2.75, 3.05) is 0 Å². The molecule has 0 saturated carbocycles. The number of hydrogen-bond acceptors (Lipinski definition) is 3. The van der Waals surface area contributed by atoms with Crippen LogP contribution in [-0.2, 0) is 11.3 Å². The number of nitrogens with zero attached hydrogens (tertiary/aromatic N) is 1. The smallest absolute Gasteiger partial charge is 0.244 e. The number of benzene rings is 2. The van der Waals surface area contributed by atoms with Crippen LogP contribution in [0, 0.1) is 5.82 Å². The number of rotatable bonds is 4. The second-order valence-corrected chi connectivity index (χ2v) is 6.72. The Labute approximate surface area is 145 Å². The first-order chi connectivity index (χ1) is 11.1. The fraction of sp³-hybridized carbons (Fsp3) is 0.0588. The molecule has 0 spiro atoms. The highest BCUT2D eigenvalue weighted by Gasteiger charge is 2.04. The molecule has 6 heteroatoms. The number of halogens is 2. The van der Waals surface area contributed by atoms with Crippen LogP contribution in [0.15, 0.2) is 53.0 Å². The van der Waals surface area contributed by atoms with E-state index in [9.17, 15) is 9.18 Å². The van der Waals surface area contributed by atoms with Crippen LogP contribution in [0.4, 0.5) is 4.39 Å². The van der Waals surface area contributed by atoms with E-state index in [1.165, 1.54) is 29.5 Å². The molecule has 2 aromatic carbocycles. The van der Waals surface area contributed by atoms with Gasteiger partial charge in [-0.15, -0.1) is 11.3 Å². The van der Waals surface area contributed by atoms with Crippen LogP contribution in [0.3, 0.4) is 0 Å². The zero-order valence-corrected chi connectivity index (χ0v) is 14.3. The van der Waals surface area contributed by atoms with Gasteiger partial charge in [0.05, 0.1) is 10.2 Å². The van der Waals surface area contributed by atoms with Crippen LogP contribution >= 0.6 is 27.3 Å². The van der Waals surface area contributed by atoms with Crippen molar-refractivity contribution in [2.45, 2.75) is 6.54 Å². The Morgan fingerprint density at radius 2 is 2.13 bits per heavy atom. The van der Waals surface area contributed by atoms with Crippen molar-refractivity contribution < 1.29 is 9.18 Å². The maximum Gasteiger partial charge on any atom is 0.244 e. The summed E-state index contributed by atoms with van der Waals surface area (Å²) >= 11 is 4.85. The van der Waals surface area contributed by atoms with Gasteiger partial charge in [-0.1, -0.05) is 28.1 Å². The molecule has 0 aliphatic carbocycles. The van der Waals surface area contributed by atoms with Gasteiger partial charge in [0.15, 0.2) is 0 Å². The van der Waals surface area contributed by atoms with Crippen LogP contribution in [0.25, 0.3) is 16.3 Å². The van der Waals surface area contributed by atoms with Gasteiger partial charge >= 0.3 is 0 Å². The van der Waals surface area contributed by atoms with E-state index >= 15 is 0 Å². The van der Waals surface area contributed by atoms with Crippen LogP contribution in [0.1, 0.15) is 10.6 Å². The number of carbonyl (C=O) groups excluding carboxylic acids is 1. The Hall–Kier alpha value is -2.05. The molecule has 3 nitrogen and oxygen atoms in total. The van der Waals surface area contributed by atoms with Gasteiger partial charge in [-0.05, 0) is 42.0 Å². The maximum atomic E-state index is 13.2. The van der Waals surface area contributed by atoms with Crippen molar-refractivity contribution in [3.05, 3.63) is 69.4 Å². The lowest BCUT2D eigenvalue weighted by Gasteiger charge is -2.05. The fourth-order valence-corrected chi connectivity index (χ4v) is 3.29. The van der Waals surface area contributed by atoms with Gasteiger partial charge in [0.25, 0.3) is 0 Å². The minimum Gasteiger partial charge on any atom is -0.348 e. The van der Waals surface area contributed by atoms with E-state index in [0.29, 0.717) is 5.56 Å². The summed E-state index contributed by atoms with van der Waals surface area (Å²) < 4.78 is 15.0. The molecule has 1 aromatic heterocycles. The lowest BCUT2D eigenvalue weighted by Crippen LogP contribution is -2.20. The Bertz CT molecular complexity index is 858. The van der Waals surface area contributed by atoms with Crippen molar-refractivity contribution >= 4 is 49.5 Å². The van der Waals surface area contributed by atoms with E-state index in [2.05, 4.69) is 26.2 Å². The number of nitrogens with one attached hydrogen (secondary N) is 1. The normalized spacial score (nSPS) is 11.2. The molecule has 0 bridgehead atoms. The van der Waals surface area contributed by atoms with E-state index in [1.54, 1.807) is 12.1 Å². The number of amides is 1. The molecule has 3 rings (SSSR count). The molecule has 1 N–H and O–H groups in total. The lowest BCUT2D eigenvalue weighted by molar-refractivity contribution is -0.116. The third-order valence-electron chi connectivity index (χ3n) is 3.15. The van der Waals surface area contributed by atoms with Gasteiger partial charge in [0.2, 0.25) is 5.91 Å². The molecule has 0 aliphatic rings. The number of para-hydroxylation sites is 1. The number of aromatic nitrogens is 1. The first-order valence-electron chi connectivity index (χ1n) is 6.87. The minimum atomic E-state index is -0.331. The van der Waals surface area contributed by atoms with Crippen LogP contribution in [0.2, 0.25) is 0 Å². The SMILES string of the molecule is O=C(C=Cc1nc2ccccc2s1)NCc1cc(F)ccc1Br. The first kappa shape index (κ1) is 15.8. The second kappa shape index (κ2) is 7.02. The molecular formula is C17H12BrFN2OS.